The van der Waals surface area contributed by atoms with Crippen molar-refractivity contribution in [1.82, 2.24) is 20.0 Å². The number of non-ortho nitro benzene ring substituents is 1. The Kier molecular flexibility index (Phi) is 13.0. The number of imide groups is 1. The van der Waals surface area contributed by atoms with E-state index >= 15 is 14.4 Å². The molecule has 5 amide bonds. The largest absolute Gasteiger partial charge is 0.508 e. The first kappa shape index (κ1) is 49.0. The van der Waals surface area contributed by atoms with Crippen LogP contribution in [0.4, 0.5) is 21.0 Å². The van der Waals surface area contributed by atoms with Gasteiger partial charge in [-0.2, -0.15) is 0 Å². The van der Waals surface area contributed by atoms with Gasteiger partial charge in [-0.15, -0.1) is 0 Å². The van der Waals surface area contributed by atoms with Crippen molar-refractivity contribution in [2.75, 3.05) is 44.4 Å². The smallest absolute Gasteiger partial charge is 0.421 e. The molecule has 4 N–H and O–H groups in total. The van der Waals surface area contributed by atoms with Gasteiger partial charge in [-0.1, -0.05) is 90.7 Å². The molecule has 11 rings (SSSR count). The van der Waals surface area contributed by atoms with Crippen LogP contribution in [0.15, 0.2) is 146 Å². The lowest BCUT2D eigenvalue weighted by atomic mass is 9.65. The maximum atomic E-state index is 16.7. The number of piperazine rings is 1. The molecule has 0 aromatic heterocycles. The van der Waals surface area contributed by atoms with Crippen molar-refractivity contribution in [3.8, 4) is 29.1 Å². The van der Waals surface area contributed by atoms with Crippen LogP contribution in [0.3, 0.4) is 0 Å². The number of nitrogens with two attached hydrogens (primary N) is 1. The van der Waals surface area contributed by atoms with Gasteiger partial charge < -0.3 is 40.0 Å². The topological polar surface area (TPSA) is 237 Å². The van der Waals surface area contributed by atoms with Crippen molar-refractivity contribution in [2.24, 2.45) is 11.7 Å². The minimum Gasteiger partial charge on any atom is -0.508 e. The van der Waals surface area contributed by atoms with Crippen LogP contribution in [0.1, 0.15) is 57.1 Å². The zero-order valence-corrected chi connectivity index (χ0v) is 40.7. The van der Waals surface area contributed by atoms with Crippen molar-refractivity contribution in [1.29, 1.82) is 0 Å². The number of primary amides is 1. The van der Waals surface area contributed by atoms with Gasteiger partial charge in [0.25, 0.3) is 5.69 Å². The van der Waals surface area contributed by atoms with E-state index in [2.05, 4.69) is 22.1 Å². The van der Waals surface area contributed by atoms with Gasteiger partial charge in [-0.3, -0.25) is 34.3 Å². The van der Waals surface area contributed by atoms with Crippen molar-refractivity contribution >= 4 is 41.3 Å². The van der Waals surface area contributed by atoms with Gasteiger partial charge in [0.05, 0.1) is 35.2 Å². The quantitative estimate of drug-likeness (QED) is 0.0583. The summed E-state index contributed by atoms with van der Waals surface area (Å²) < 4.78 is 23.7. The Hall–Kier alpha value is -9.25. The summed E-state index contributed by atoms with van der Waals surface area (Å²) in [5, 5.41) is 24.7. The highest BCUT2D eigenvalue weighted by Gasteiger charge is 2.76. The zero-order chi connectivity index (χ0) is 52.7. The molecule has 0 radical (unpaired) electrons. The number of nitro benzene ring substituents is 1. The Bertz CT molecular complexity index is 3330. The van der Waals surface area contributed by atoms with Crippen LogP contribution in [0.25, 0.3) is 0 Å². The molecule has 3 saturated heterocycles. The van der Waals surface area contributed by atoms with Gasteiger partial charge in [0.15, 0.2) is 11.5 Å². The van der Waals surface area contributed by atoms with Crippen LogP contribution < -0.4 is 25.4 Å². The molecule has 19 heteroatoms. The molecule has 0 aliphatic carbocycles. The summed E-state index contributed by atoms with van der Waals surface area (Å²) in [6, 6.07) is 36.3. The molecule has 6 aromatic rings. The number of carbonyl (C=O) groups excluding carboxylic acids is 5. The van der Waals surface area contributed by atoms with Crippen LogP contribution >= 0.6 is 0 Å². The Morgan fingerprint density at radius 1 is 0.789 bits per heavy atom. The highest BCUT2D eigenvalue weighted by atomic mass is 16.7. The number of morpholine rings is 1. The third-order valence-corrected chi connectivity index (χ3v) is 14.7. The lowest BCUT2D eigenvalue weighted by molar-refractivity contribution is -0.384. The van der Waals surface area contributed by atoms with E-state index in [9.17, 15) is 24.8 Å². The van der Waals surface area contributed by atoms with Gasteiger partial charge in [0.1, 0.15) is 29.9 Å². The summed E-state index contributed by atoms with van der Waals surface area (Å²) >= 11 is 0. The fourth-order valence-electron chi connectivity index (χ4n) is 11.4. The number of phenolic OH excluding ortho intramolecular Hbond substituents is 1. The Morgan fingerprint density at radius 3 is 2.17 bits per heavy atom. The van der Waals surface area contributed by atoms with E-state index in [1.54, 1.807) is 29.2 Å². The number of hydrogen-bond acceptors (Lipinski definition) is 14. The van der Waals surface area contributed by atoms with E-state index < -0.39 is 77.0 Å². The number of urea groups is 1. The summed E-state index contributed by atoms with van der Waals surface area (Å²) in [5.74, 6) is 3.36. The van der Waals surface area contributed by atoms with E-state index in [4.69, 9.17) is 24.7 Å². The number of esters is 1. The summed E-state index contributed by atoms with van der Waals surface area (Å²) in [6.45, 7) is 1.41. The number of carbonyl (C=O) groups is 5. The Morgan fingerprint density at radius 2 is 1.47 bits per heavy atom. The van der Waals surface area contributed by atoms with Crippen LogP contribution in [-0.4, -0.2) is 100 Å². The number of ether oxygens (including phenoxy) is 4. The third kappa shape index (κ3) is 8.82. The van der Waals surface area contributed by atoms with E-state index in [0.717, 1.165) is 10.5 Å². The van der Waals surface area contributed by atoms with E-state index in [1.807, 2.05) is 83.8 Å². The fraction of sp³-hybridized carbons (Fsp3) is 0.246. The van der Waals surface area contributed by atoms with Crippen molar-refractivity contribution in [2.45, 2.75) is 42.8 Å². The maximum Gasteiger partial charge on any atom is 0.421 e. The zero-order valence-electron chi connectivity index (χ0n) is 40.7. The number of rotatable bonds is 10. The molecule has 0 bridgehead atoms. The standard InChI is InChI=1S/C57H49N7O12/c58-55(69)59-25-7-8-35-15-23-44-43(30-35)57(54(68)62(44)56(70)73-33-36-13-19-41(20-14-36)64(71)72)47(52(66)61-28-26-60(27-29-61)32-37-16-24-45-46(31-37)75-34-74-45)49-53(67)76-50(39-11-5-2-6-12-39)48(38-9-3-1-4-10-38)63(49)51(57)40-17-21-42(65)22-18-40/h1-6,9-24,30-31,47-51,65H,25-29,32-34H2,(H3,58,59,69). The van der Waals surface area contributed by atoms with Crippen LogP contribution in [-0.2, 0) is 42.4 Å². The monoisotopic (exact) mass is 1020 g/mol. The summed E-state index contributed by atoms with van der Waals surface area (Å²) in [6.07, 6.45) is -2.10. The minimum absolute atomic E-state index is 0.0544. The van der Waals surface area contributed by atoms with Gasteiger partial charge >= 0.3 is 18.1 Å². The van der Waals surface area contributed by atoms with Crippen LogP contribution in [0.5, 0.6) is 17.2 Å². The molecule has 3 fully saturated rings. The molecule has 6 unspecified atom stereocenters. The molecule has 6 atom stereocenters. The van der Waals surface area contributed by atoms with Gasteiger partial charge in [-0.25, -0.2) is 14.5 Å². The number of nitrogens with zero attached hydrogens (tertiary/aromatic N) is 5. The van der Waals surface area contributed by atoms with Crippen molar-refractivity contribution in [3.63, 3.8) is 0 Å². The van der Waals surface area contributed by atoms with Crippen LogP contribution in [0, 0.1) is 27.9 Å². The average Bonchev–Trinajstić information content (AvgIpc) is 4.32. The highest BCUT2D eigenvalue weighted by molar-refractivity contribution is 6.23. The lowest BCUT2D eigenvalue weighted by Gasteiger charge is -2.46. The molecule has 0 saturated carbocycles. The first-order valence-corrected chi connectivity index (χ1v) is 24.6. The van der Waals surface area contributed by atoms with Crippen molar-refractivity contribution < 1.29 is 52.9 Å². The Balaban J connectivity index is 1.09. The number of amides is 5. The minimum atomic E-state index is -2.15. The highest BCUT2D eigenvalue weighted by Crippen LogP contribution is 2.66. The third-order valence-electron chi connectivity index (χ3n) is 14.7. The molecule has 76 heavy (non-hydrogen) atoms. The number of cyclic esters (lactones) is 1. The SMILES string of the molecule is NC(=O)NCC#Cc1ccc2c(c1)C1(C(=O)N2C(=O)OCc2ccc([N+](=O)[O-])cc2)C(C(=O)N2CCN(Cc3ccc4c(c3)OCO4)CC2)C2C(=O)OC(c3ccccc3)C(c3ccccc3)N2C1c1ccc(O)cc1. The second-order valence-corrected chi connectivity index (χ2v) is 19.0. The second kappa shape index (κ2) is 20.2. The van der Waals surface area contributed by atoms with E-state index in [0.29, 0.717) is 59.0 Å². The molecule has 5 heterocycles. The molecular formula is C57H49N7O12. The number of fused-ring (bicyclic) bond motifs is 4. The number of nitrogens with one attached hydrogen (secondary N) is 1. The average molecular weight is 1020 g/mol. The van der Waals surface area contributed by atoms with Crippen molar-refractivity contribution in [3.05, 3.63) is 195 Å². The first-order chi connectivity index (χ1) is 36.9. The number of benzene rings is 6. The molecular weight excluding hydrogens is 975 g/mol. The van der Waals surface area contributed by atoms with E-state index in [-0.39, 0.29) is 49.1 Å². The first-order valence-electron chi connectivity index (χ1n) is 24.6. The molecule has 19 nitrogen and oxygen atoms in total. The predicted molar refractivity (Wildman–Crippen MR) is 272 cm³/mol. The summed E-state index contributed by atoms with van der Waals surface area (Å²) in [5.41, 5.74) is 6.73. The summed E-state index contributed by atoms with van der Waals surface area (Å²) in [7, 11) is 0. The number of hydrogen-bond donors (Lipinski definition) is 3. The number of phenols is 1. The van der Waals surface area contributed by atoms with E-state index in [1.165, 1.54) is 42.5 Å². The normalized spacial score (nSPS) is 22.5. The maximum absolute atomic E-state index is 16.7. The Labute approximate surface area is 435 Å². The van der Waals surface area contributed by atoms with Gasteiger partial charge in [-0.05, 0) is 88.0 Å². The van der Waals surface area contributed by atoms with Crippen LogP contribution in [0.2, 0.25) is 0 Å². The van der Waals surface area contributed by atoms with Gasteiger partial charge in [0, 0.05) is 50.4 Å². The second-order valence-electron chi connectivity index (χ2n) is 19.0. The molecule has 5 aliphatic rings. The molecule has 384 valence electrons. The number of anilines is 1. The number of nitro groups is 1. The lowest BCUT2D eigenvalue weighted by Crippen LogP contribution is -2.59. The summed E-state index contributed by atoms with van der Waals surface area (Å²) in [4.78, 5) is 92.7. The fourth-order valence-corrected chi connectivity index (χ4v) is 11.4. The molecule has 6 aromatic carbocycles. The number of aromatic hydroxyl groups is 1. The van der Waals surface area contributed by atoms with Gasteiger partial charge in [0.2, 0.25) is 18.6 Å². The predicted octanol–water partition coefficient (Wildman–Crippen LogP) is 6.40. The molecule has 5 aliphatic heterocycles. The molecule has 1 spiro atoms.